The van der Waals surface area contributed by atoms with E-state index in [4.69, 9.17) is 5.73 Å². The van der Waals surface area contributed by atoms with Crippen LogP contribution in [-0.4, -0.2) is 20.5 Å². The predicted molar refractivity (Wildman–Crippen MR) is 67.1 cm³/mol. The fourth-order valence-corrected chi connectivity index (χ4v) is 3.48. The number of sulfonamides is 1. The maximum atomic E-state index is 13.4. The summed E-state index contributed by atoms with van der Waals surface area (Å²) in [5, 5.41) is 0. The highest BCUT2D eigenvalue weighted by Crippen LogP contribution is 2.20. The summed E-state index contributed by atoms with van der Waals surface area (Å²) < 4.78 is 40.1. The minimum atomic E-state index is -3.69. The van der Waals surface area contributed by atoms with Crippen molar-refractivity contribution in [3.05, 3.63) is 29.6 Å². The quantitative estimate of drug-likeness (QED) is 0.871. The molecule has 3 N–H and O–H groups in total. The third kappa shape index (κ3) is 2.71. The summed E-state index contributed by atoms with van der Waals surface area (Å²) in [4.78, 5) is -0.0512. The Bertz CT molecular complexity index is 545. The summed E-state index contributed by atoms with van der Waals surface area (Å²) in [6, 6.07) is 3.49. The summed E-state index contributed by atoms with van der Waals surface area (Å²) in [5.41, 5.74) is 6.24. The van der Waals surface area contributed by atoms with Crippen molar-refractivity contribution < 1.29 is 12.8 Å². The number of aryl methyl sites for hydroxylation is 1. The lowest BCUT2D eigenvalue weighted by atomic mass is 10.2. The first kappa shape index (κ1) is 13.5. The molecular weight excluding hydrogens is 255 g/mol. The second kappa shape index (κ2) is 4.95. The van der Waals surface area contributed by atoms with Crippen LogP contribution in [0.2, 0.25) is 0 Å². The number of nitrogens with one attached hydrogen (secondary N) is 1. The normalized spacial score (nSPS) is 24.4. The van der Waals surface area contributed by atoms with Gasteiger partial charge in [0.2, 0.25) is 10.0 Å². The molecule has 1 aliphatic carbocycles. The van der Waals surface area contributed by atoms with E-state index in [0.717, 1.165) is 25.3 Å². The van der Waals surface area contributed by atoms with E-state index in [0.29, 0.717) is 5.56 Å². The number of benzene rings is 1. The molecule has 0 heterocycles. The lowest BCUT2D eigenvalue weighted by Crippen LogP contribution is -2.43. The highest BCUT2D eigenvalue weighted by Gasteiger charge is 2.28. The Hall–Kier alpha value is -0.980. The van der Waals surface area contributed by atoms with Gasteiger partial charge in [-0.05, 0) is 37.5 Å². The molecule has 2 unspecified atom stereocenters. The highest BCUT2D eigenvalue weighted by molar-refractivity contribution is 7.89. The van der Waals surface area contributed by atoms with Gasteiger partial charge in [0.05, 0.1) is 4.90 Å². The minimum Gasteiger partial charge on any atom is -0.326 e. The van der Waals surface area contributed by atoms with Gasteiger partial charge in [0.1, 0.15) is 5.82 Å². The average Bonchev–Trinajstić information content (AvgIpc) is 2.67. The smallest absolute Gasteiger partial charge is 0.240 e. The third-order valence-corrected chi connectivity index (χ3v) is 4.82. The van der Waals surface area contributed by atoms with Gasteiger partial charge >= 0.3 is 0 Å². The van der Waals surface area contributed by atoms with Crippen molar-refractivity contribution in [2.24, 2.45) is 5.73 Å². The molecule has 0 radical (unpaired) electrons. The Balaban J connectivity index is 2.22. The largest absolute Gasteiger partial charge is 0.326 e. The van der Waals surface area contributed by atoms with Gasteiger partial charge in [-0.15, -0.1) is 0 Å². The van der Waals surface area contributed by atoms with Crippen LogP contribution >= 0.6 is 0 Å². The highest BCUT2D eigenvalue weighted by atomic mass is 32.2. The number of rotatable bonds is 3. The lowest BCUT2D eigenvalue weighted by Gasteiger charge is -2.17. The number of hydrogen-bond donors (Lipinski definition) is 2. The molecule has 4 nitrogen and oxygen atoms in total. The van der Waals surface area contributed by atoms with Gasteiger partial charge in [0.15, 0.2) is 0 Å². The molecular formula is C12H17FN2O2S. The molecule has 1 aromatic carbocycles. The first-order valence-electron chi connectivity index (χ1n) is 5.94. The van der Waals surface area contributed by atoms with Gasteiger partial charge < -0.3 is 5.73 Å². The molecule has 0 aliphatic heterocycles. The van der Waals surface area contributed by atoms with Crippen molar-refractivity contribution in [3.8, 4) is 0 Å². The number of hydrogen-bond acceptors (Lipinski definition) is 3. The Labute approximate surface area is 106 Å². The minimum absolute atomic E-state index is 0.0512. The van der Waals surface area contributed by atoms with E-state index in [-0.39, 0.29) is 17.0 Å². The molecule has 1 fully saturated rings. The molecule has 0 bridgehead atoms. The van der Waals surface area contributed by atoms with Gasteiger partial charge in [0, 0.05) is 12.1 Å². The van der Waals surface area contributed by atoms with Gasteiger partial charge in [0.25, 0.3) is 0 Å². The fourth-order valence-electron chi connectivity index (χ4n) is 2.14. The predicted octanol–water partition coefficient (Wildman–Crippen LogP) is 1.29. The van der Waals surface area contributed by atoms with Crippen molar-refractivity contribution in [1.29, 1.82) is 0 Å². The first-order valence-corrected chi connectivity index (χ1v) is 7.42. The molecule has 1 saturated carbocycles. The zero-order valence-electron chi connectivity index (χ0n) is 10.2. The van der Waals surface area contributed by atoms with Crippen molar-refractivity contribution in [2.75, 3.05) is 0 Å². The molecule has 1 aromatic rings. The van der Waals surface area contributed by atoms with Gasteiger partial charge in [-0.1, -0.05) is 12.5 Å². The number of halogens is 1. The first-order chi connectivity index (χ1) is 8.40. The van der Waals surface area contributed by atoms with E-state index >= 15 is 0 Å². The van der Waals surface area contributed by atoms with Crippen LogP contribution < -0.4 is 10.5 Å². The van der Waals surface area contributed by atoms with E-state index < -0.39 is 15.8 Å². The van der Waals surface area contributed by atoms with Crippen molar-refractivity contribution in [1.82, 2.24) is 4.72 Å². The summed E-state index contributed by atoms with van der Waals surface area (Å²) in [5.74, 6) is -0.520. The zero-order valence-corrected chi connectivity index (χ0v) is 11.0. The molecule has 6 heteroatoms. The van der Waals surface area contributed by atoms with Crippen LogP contribution in [0, 0.1) is 12.7 Å². The third-order valence-electron chi connectivity index (χ3n) is 3.33. The van der Waals surface area contributed by atoms with E-state index in [2.05, 4.69) is 4.72 Å². The maximum absolute atomic E-state index is 13.4. The van der Waals surface area contributed by atoms with Crippen LogP contribution in [0.1, 0.15) is 24.8 Å². The molecule has 0 aromatic heterocycles. The van der Waals surface area contributed by atoms with Gasteiger partial charge in [-0.3, -0.25) is 0 Å². The molecule has 2 rings (SSSR count). The average molecular weight is 272 g/mol. The van der Waals surface area contributed by atoms with E-state index in [1.54, 1.807) is 6.92 Å². The second-order valence-electron chi connectivity index (χ2n) is 4.73. The topological polar surface area (TPSA) is 72.2 Å². The van der Waals surface area contributed by atoms with Crippen LogP contribution in [0.3, 0.4) is 0 Å². The second-order valence-corrected chi connectivity index (χ2v) is 6.45. The number of nitrogens with two attached hydrogens (primary N) is 1. The van der Waals surface area contributed by atoms with Crippen LogP contribution in [-0.2, 0) is 10.0 Å². The summed E-state index contributed by atoms with van der Waals surface area (Å²) in [6.45, 7) is 1.59. The van der Waals surface area contributed by atoms with E-state index in [1.165, 1.54) is 12.1 Å². The van der Waals surface area contributed by atoms with E-state index in [1.807, 2.05) is 0 Å². The molecule has 2 atom stereocenters. The molecule has 0 amide bonds. The SMILES string of the molecule is Cc1ccc(S(=O)(=O)NC2CCCC2N)cc1F. The fraction of sp³-hybridized carbons (Fsp3) is 0.500. The van der Waals surface area contributed by atoms with Gasteiger partial charge in [-0.2, -0.15) is 0 Å². The van der Waals surface area contributed by atoms with Crippen molar-refractivity contribution >= 4 is 10.0 Å². The van der Waals surface area contributed by atoms with Crippen LogP contribution in [0.5, 0.6) is 0 Å². The molecule has 100 valence electrons. The molecule has 0 saturated heterocycles. The Morgan fingerprint density at radius 1 is 1.39 bits per heavy atom. The summed E-state index contributed by atoms with van der Waals surface area (Å²) >= 11 is 0. The van der Waals surface area contributed by atoms with Crippen LogP contribution in [0.4, 0.5) is 4.39 Å². The monoisotopic (exact) mass is 272 g/mol. The Morgan fingerprint density at radius 3 is 2.67 bits per heavy atom. The summed E-state index contributed by atoms with van der Waals surface area (Å²) in [7, 11) is -3.69. The van der Waals surface area contributed by atoms with Crippen LogP contribution in [0.15, 0.2) is 23.1 Å². The Morgan fingerprint density at radius 2 is 2.11 bits per heavy atom. The maximum Gasteiger partial charge on any atom is 0.240 e. The summed E-state index contributed by atoms with van der Waals surface area (Å²) in [6.07, 6.45) is 2.46. The van der Waals surface area contributed by atoms with Crippen molar-refractivity contribution in [2.45, 2.75) is 43.2 Å². The van der Waals surface area contributed by atoms with Crippen molar-refractivity contribution in [3.63, 3.8) is 0 Å². The Kier molecular flexibility index (Phi) is 3.70. The lowest BCUT2D eigenvalue weighted by molar-refractivity contribution is 0.521. The zero-order chi connectivity index (χ0) is 13.3. The van der Waals surface area contributed by atoms with E-state index in [9.17, 15) is 12.8 Å². The van der Waals surface area contributed by atoms with Crippen LogP contribution in [0.25, 0.3) is 0 Å². The molecule has 1 aliphatic rings. The van der Waals surface area contributed by atoms with Gasteiger partial charge in [-0.25, -0.2) is 17.5 Å². The molecule has 0 spiro atoms. The standard InChI is InChI=1S/C12H17FN2O2S/c1-8-5-6-9(7-10(8)13)18(16,17)15-12-4-2-3-11(12)14/h5-7,11-12,15H,2-4,14H2,1H3. The molecule has 18 heavy (non-hydrogen) atoms.